The molecule has 2 aliphatic rings. The van der Waals surface area contributed by atoms with Crippen molar-refractivity contribution in [3.63, 3.8) is 0 Å². The standard InChI is InChI=1S/C23H25BrN2O2/c1-23-13-3-2-4-20(23)21(23)22(27)26-25-14-16-7-11-19(12-8-16)28-15-17-5-9-18(24)10-6-17/h5-12,14,20-21H,2-4,13,15H2,1H3,(H,26,27)/b25-14-/t20-,21+,23-/m0/s1. The van der Waals surface area contributed by atoms with Crippen LogP contribution in [0.4, 0.5) is 0 Å². The number of amides is 1. The van der Waals surface area contributed by atoms with Gasteiger partial charge in [0.1, 0.15) is 12.4 Å². The highest BCUT2D eigenvalue weighted by Gasteiger charge is 2.64. The van der Waals surface area contributed by atoms with Crippen LogP contribution >= 0.6 is 15.9 Å². The molecule has 0 aromatic heterocycles. The molecule has 5 heteroatoms. The van der Waals surface area contributed by atoms with Gasteiger partial charge in [0.25, 0.3) is 0 Å². The first-order valence-electron chi connectivity index (χ1n) is 9.86. The van der Waals surface area contributed by atoms with Crippen molar-refractivity contribution in [1.82, 2.24) is 5.43 Å². The van der Waals surface area contributed by atoms with Crippen LogP contribution in [0.3, 0.4) is 0 Å². The Bertz CT molecular complexity index is 863. The predicted octanol–water partition coefficient (Wildman–Crippen LogP) is 5.30. The Kier molecular flexibility index (Phi) is 5.54. The molecule has 0 unspecified atom stereocenters. The molecule has 0 spiro atoms. The molecule has 1 amide bonds. The van der Waals surface area contributed by atoms with Gasteiger partial charge in [-0.3, -0.25) is 4.79 Å². The van der Waals surface area contributed by atoms with Gasteiger partial charge in [-0.1, -0.05) is 47.8 Å². The second-order valence-electron chi connectivity index (χ2n) is 8.05. The Balaban J connectivity index is 1.26. The largest absolute Gasteiger partial charge is 0.489 e. The zero-order valence-corrected chi connectivity index (χ0v) is 17.6. The number of nitrogens with zero attached hydrogens (tertiary/aromatic N) is 1. The third kappa shape index (κ3) is 4.14. The molecule has 0 heterocycles. The number of carbonyl (C=O) groups is 1. The Morgan fingerprint density at radius 2 is 1.96 bits per heavy atom. The van der Waals surface area contributed by atoms with E-state index in [2.05, 4.69) is 33.4 Å². The summed E-state index contributed by atoms with van der Waals surface area (Å²) in [7, 11) is 0. The SMILES string of the molecule is C[C@]12CCCC[C@H]1[C@@H]2C(=O)N/N=C\c1ccc(OCc2ccc(Br)cc2)cc1. The first kappa shape index (κ1) is 19.2. The van der Waals surface area contributed by atoms with Crippen molar-refractivity contribution in [2.75, 3.05) is 0 Å². The van der Waals surface area contributed by atoms with E-state index in [-0.39, 0.29) is 17.2 Å². The van der Waals surface area contributed by atoms with Gasteiger partial charge in [-0.2, -0.15) is 5.10 Å². The maximum absolute atomic E-state index is 12.4. The van der Waals surface area contributed by atoms with Crippen LogP contribution in [-0.2, 0) is 11.4 Å². The normalized spacial score (nSPS) is 25.9. The van der Waals surface area contributed by atoms with Gasteiger partial charge in [-0.25, -0.2) is 5.43 Å². The van der Waals surface area contributed by atoms with Gasteiger partial charge in [0.2, 0.25) is 5.91 Å². The fourth-order valence-corrected chi connectivity index (χ4v) is 4.75. The average Bonchev–Trinajstić information content (AvgIpc) is 3.34. The summed E-state index contributed by atoms with van der Waals surface area (Å²) in [6, 6.07) is 15.8. The summed E-state index contributed by atoms with van der Waals surface area (Å²) < 4.78 is 6.86. The van der Waals surface area contributed by atoms with Gasteiger partial charge in [0, 0.05) is 10.4 Å². The van der Waals surface area contributed by atoms with Crippen molar-refractivity contribution in [2.24, 2.45) is 22.4 Å². The van der Waals surface area contributed by atoms with Gasteiger partial charge in [-0.15, -0.1) is 0 Å². The first-order chi connectivity index (χ1) is 13.6. The molecule has 0 bridgehead atoms. The Morgan fingerprint density at radius 1 is 1.21 bits per heavy atom. The van der Waals surface area contributed by atoms with E-state index in [1.165, 1.54) is 25.7 Å². The minimum Gasteiger partial charge on any atom is -0.489 e. The number of hydrogen-bond donors (Lipinski definition) is 1. The van der Waals surface area contributed by atoms with Crippen molar-refractivity contribution in [1.29, 1.82) is 0 Å². The fraction of sp³-hybridized carbons (Fsp3) is 0.391. The molecule has 4 rings (SSSR count). The van der Waals surface area contributed by atoms with Crippen LogP contribution in [0.1, 0.15) is 43.7 Å². The fourth-order valence-electron chi connectivity index (χ4n) is 4.49. The maximum atomic E-state index is 12.4. The molecule has 3 atom stereocenters. The number of fused-ring (bicyclic) bond motifs is 1. The summed E-state index contributed by atoms with van der Waals surface area (Å²) in [5, 5.41) is 4.15. The van der Waals surface area contributed by atoms with E-state index in [1.807, 2.05) is 48.5 Å². The number of ether oxygens (including phenoxy) is 1. The number of halogens is 1. The van der Waals surface area contributed by atoms with E-state index in [1.54, 1.807) is 6.21 Å². The Hall–Kier alpha value is -2.14. The van der Waals surface area contributed by atoms with Crippen LogP contribution in [0.25, 0.3) is 0 Å². The van der Waals surface area contributed by atoms with Gasteiger partial charge in [-0.05, 0) is 71.7 Å². The van der Waals surface area contributed by atoms with Gasteiger partial charge in [0.05, 0.1) is 6.21 Å². The van der Waals surface area contributed by atoms with E-state index < -0.39 is 0 Å². The molecule has 2 aliphatic carbocycles. The zero-order valence-electron chi connectivity index (χ0n) is 16.0. The highest BCUT2D eigenvalue weighted by atomic mass is 79.9. The van der Waals surface area contributed by atoms with Gasteiger partial charge >= 0.3 is 0 Å². The summed E-state index contributed by atoms with van der Waals surface area (Å²) >= 11 is 3.43. The lowest BCUT2D eigenvalue weighted by molar-refractivity contribution is -0.123. The van der Waals surface area contributed by atoms with E-state index in [9.17, 15) is 4.79 Å². The monoisotopic (exact) mass is 440 g/mol. The molecular weight excluding hydrogens is 416 g/mol. The lowest BCUT2D eigenvalue weighted by Gasteiger charge is -2.15. The second kappa shape index (κ2) is 8.08. The zero-order chi connectivity index (χ0) is 19.6. The molecule has 0 aliphatic heterocycles. The summed E-state index contributed by atoms with van der Waals surface area (Å²) in [6.45, 7) is 2.77. The van der Waals surface area contributed by atoms with Crippen LogP contribution in [0.5, 0.6) is 5.75 Å². The maximum Gasteiger partial charge on any atom is 0.244 e. The summed E-state index contributed by atoms with van der Waals surface area (Å²) in [6.07, 6.45) is 6.53. The first-order valence-corrected chi connectivity index (χ1v) is 10.7. The molecule has 28 heavy (non-hydrogen) atoms. The number of hydrazone groups is 1. The van der Waals surface area contributed by atoms with E-state index in [0.29, 0.717) is 12.5 Å². The highest BCUT2D eigenvalue weighted by Crippen LogP contribution is 2.66. The summed E-state index contributed by atoms with van der Waals surface area (Å²) in [5.41, 5.74) is 4.99. The van der Waals surface area contributed by atoms with Crippen LogP contribution in [0.15, 0.2) is 58.1 Å². The van der Waals surface area contributed by atoms with E-state index in [4.69, 9.17) is 4.74 Å². The van der Waals surface area contributed by atoms with Crippen LogP contribution < -0.4 is 10.2 Å². The third-order valence-electron chi connectivity index (χ3n) is 6.20. The van der Waals surface area contributed by atoms with Crippen molar-refractivity contribution >= 4 is 28.1 Å². The van der Waals surface area contributed by atoms with Gasteiger partial charge < -0.3 is 4.74 Å². The molecule has 0 radical (unpaired) electrons. The molecule has 4 nitrogen and oxygen atoms in total. The van der Waals surface area contributed by atoms with E-state index >= 15 is 0 Å². The minimum atomic E-state index is 0.0695. The number of nitrogens with one attached hydrogen (secondary N) is 1. The molecule has 2 aromatic rings. The minimum absolute atomic E-state index is 0.0695. The Morgan fingerprint density at radius 3 is 2.64 bits per heavy atom. The summed E-state index contributed by atoms with van der Waals surface area (Å²) in [5.74, 6) is 1.57. The predicted molar refractivity (Wildman–Crippen MR) is 114 cm³/mol. The van der Waals surface area contributed by atoms with Crippen molar-refractivity contribution in [3.8, 4) is 5.75 Å². The molecule has 0 saturated heterocycles. The molecular formula is C23H25BrN2O2. The molecule has 2 fully saturated rings. The van der Waals surface area contributed by atoms with Crippen molar-refractivity contribution in [3.05, 3.63) is 64.1 Å². The third-order valence-corrected chi connectivity index (χ3v) is 6.73. The van der Waals surface area contributed by atoms with Crippen LogP contribution in [-0.4, -0.2) is 12.1 Å². The average molecular weight is 441 g/mol. The van der Waals surface area contributed by atoms with E-state index in [0.717, 1.165) is 21.3 Å². The quantitative estimate of drug-likeness (QED) is 0.488. The molecule has 2 aromatic carbocycles. The Labute approximate surface area is 174 Å². The number of benzene rings is 2. The number of hydrogen-bond acceptors (Lipinski definition) is 3. The van der Waals surface area contributed by atoms with Crippen molar-refractivity contribution in [2.45, 2.75) is 39.2 Å². The smallest absolute Gasteiger partial charge is 0.244 e. The number of carbonyl (C=O) groups excluding carboxylic acids is 1. The lowest BCUT2D eigenvalue weighted by Crippen LogP contribution is -2.22. The van der Waals surface area contributed by atoms with Crippen LogP contribution in [0.2, 0.25) is 0 Å². The highest BCUT2D eigenvalue weighted by molar-refractivity contribution is 9.10. The molecule has 146 valence electrons. The molecule has 2 saturated carbocycles. The van der Waals surface area contributed by atoms with Crippen LogP contribution in [0, 0.1) is 17.3 Å². The van der Waals surface area contributed by atoms with Crippen molar-refractivity contribution < 1.29 is 9.53 Å². The molecule has 1 N–H and O–H groups in total. The van der Waals surface area contributed by atoms with Gasteiger partial charge in [0.15, 0.2) is 0 Å². The topological polar surface area (TPSA) is 50.7 Å². The summed E-state index contributed by atoms with van der Waals surface area (Å²) in [4.78, 5) is 12.4. The lowest BCUT2D eigenvalue weighted by atomic mass is 9.90. The second-order valence-corrected chi connectivity index (χ2v) is 8.97. The number of rotatable bonds is 6.